The number of amides is 1. The van der Waals surface area contributed by atoms with Gasteiger partial charge in [-0.2, -0.15) is 0 Å². The number of ether oxygens (including phenoxy) is 1. The maximum Gasteiger partial charge on any atom is 0.407 e. The van der Waals surface area contributed by atoms with Crippen LogP contribution in [0.4, 0.5) is 4.79 Å². The molecular weight excluding hydrogens is 487 g/mol. The van der Waals surface area contributed by atoms with Crippen LogP contribution in [0.15, 0.2) is 27.8 Å². The molecule has 1 unspecified atom stereocenters. The van der Waals surface area contributed by atoms with Crippen molar-refractivity contribution >= 4 is 36.0 Å². The molecule has 1 aliphatic carbocycles. The van der Waals surface area contributed by atoms with E-state index in [4.69, 9.17) is 9.15 Å². The van der Waals surface area contributed by atoms with Crippen LogP contribution >= 0.6 is 24.0 Å². The second kappa shape index (κ2) is 12.3. The Labute approximate surface area is 190 Å². The molecule has 1 aromatic rings. The minimum atomic E-state index is -0.765. The third kappa shape index (κ3) is 9.70. The highest BCUT2D eigenvalue weighted by molar-refractivity contribution is 14.0. The van der Waals surface area contributed by atoms with E-state index in [1.165, 1.54) is 6.26 Å². The van der Waals surface area contributed by atoms with Crippen LogP contribution in [0.5, 0.6) is 0 Å². The normalized spacial score (nSPS) is 20.9. The summed E-state index contributed by atoms with van der Waals surface area (Å²) in [6, 6.07) is 3.89. The molecule has 0 aromatic carbocycles. The average molecular weight is 522 g/mol. The van der Waals surface area contributed by atoms with Gasteiger partial charge in [0, 0.05) is 18.6 Å². The van der Waals surface area contributed by atoms with E-state index in [2.05, 4.69) is 20.9 Å². The van der Waals surface area contributed by atoms with Gasteiger partial charge >= 0.3 is 6.09 Å². The van der Waals surface area contributed by atoms with Gasteiger partial charge in [0.15, 0.2) is 5.96 Å². The van der Waals surface area contributed by atoms with Gasteiger partial charge < -0.3 is 30.2 Å². The number of furan rings is 1. The number of nitrogens with one attached hydrogen (secondary N) is 3. The summed E-state index contributed by atoms with van der Waals surface area (Å²) in [5.41, 5.74) is -0.486. The van der Waals surface area contributed by atoms with Gasteiger partial charge in [-0.05, 0) is 65.5 Å². The number of aliphatic hydroxyl groups is 1. The number of aliphatic imine (C=N–C) groups is 1. The first-order chi connectivity index (χ1) is 13.3. The molecule has 1 atom stereocenters. The molecule has 2 rings (SSSR count). The molecule has 1 aromatic heterocycles. The number of alkyl carbamates (subject to hydrolysis) is 1. The van der Waals surface area contributed by atoms with E-state index < -0.39 is 11.7 Å². The maximum absolute atomic E-state index is 11.9. The Kier molecular flexibility index (Phi) is 10.8. The van der Waals surface area contributed by atoms with Crippen LogP contribution in [0.1, 0.15) is 65.2 Å². The zero-order valence-electron chi connectivity index (χ0n) is 17.7. The molecule has 1 heterocycles. The Hall–Kier alpha value is -1.49. The molecule has 0 spiro atoms. The number of hydrogen-bond acceptors (Lipinski definition) is 5. The number of carbonyl (C=O) groups excluding carboxylic acids is 1. The summed E-state index contributed by atoms with van der Waals surface area (Å²) in [4.78, 5) is 16.4. The summed E-state index contributed by atoms with van der Waals surface area (Å²) in [6.07, 6.45) is 4.02. The Bertz CT molecular complexity index is 623. The molecule has 166 valence electrons. The second-order valence-electron chi connectivity index (χ2n) is 8.09. The van der Waals surface area contributed by atoms with Crippen molar-refractivity contribution in [1.82, 2.24) is 16.0 Å². The van der Waals surface area contributed by atoms with E-state index in [1.807, 2.05) is 27.7 Å². The van der Waals surface area contributed by atoms with Crippen molar-refractivity contribution in [1.29, 1.82) is 0 Å². The van der Waals surface area contributed by atoms with Crippen LogP contribution in [0, 0.1) is 0 Å². The predicted octanol–water partition coefficient (Wildman–Crippen LogP) is 3.32. The Morgan fingerprint density at radius 1 is 1.28 bits per heavy atom. The minimum absolute atomic E-state index is 0. The van der Waals surface area contributed by atoms with Crippen molar-refractivity contribution in [2.24, 2.45) is 4.99 Å². The van der Waals surface area contributed by atoms with Crippen LogP contribution < -0.4 is 16.0 Å². The topological polar surface area (TPSA) is 108 Å². The summed E-state index contributed by atoms with van der Waals surface area (Å²) >= 11 is 0. The van der Waals surface area contributed by atoms with E-state index in [-0.39, 0.29) is 48.7 Å². The summed E-state index contributed by atoms with van der Waals surface area (Å²) in [5, 5.41) is 19.7. The van der Waals surface area contributed by atoms with Crippen molar-refractivity contribution in [3.63, 3.8) is 0 Å². The van der Waals surface area contributed by atoms with Gasteiger partial charge in [0.05, 0.1) is 12.8 Å². The fourth-order valence-electron chi connectivity index (χ4n) is 3.12. The maximum atomic E-state index is 11.9. The van der Waals surface area contributed by atoms with Gasteiger partial charge in [-0.3, -0.25) is 4.99 Å². The van der Waals surface area contributed by atoms with Gasteiger partial charge in [-0.15, -0.1) is 24.0 Å². The number of nitrogens with zero attached hydrogens (tertiary/aromatic N) is 1. The lowest BCUT2D eigenvalue weighted by Crippen LogP contribution is -2.48. The third-order valence-corrected chi connectivity index (χ3v) is 4.43. The van der Waals surface area contributed by atoms with Crippen LogP contribution in [0.3, 0.4) is 0 Å². The molecular formula is C20H35IN4O4. The molecule has 1 aliphatic rings. The number of hydrogen-bond donors (Lipinski definition) is 4. The van der Waals surface area contributed by atoms with E-state index in [0.717, 1.165) is 32.2 Å². The van der Waals surface area contributed by atoms with Crippen molar-refractivity contribution < 1.29 is 19.1 Å². The van der Waals surface area contributed by atoms with Gasteiger partial charge in [0.1, 0.15) is 17.5 Å². The fraction of sp³-hybridized carbons (Fsp3) is 0.700. The van der Waals surface area contributed by atoms with Gasteiger partial charge in [0.2, 0.25) is 0 Å². The molecule has 1 amide bonds. The van der Waals surface area contributed by atoms with Gasteiger partial charge in [0.25, 0.3) is 0 Å². The summed E-state index contributed by atoms with van der Waals surface area (Å²) in [5.74, 6) is 1.19. The molecule has 0 saturated heterocycles. The molecule has 0 aliphatic heterocycles. The zero-order valence-corrected chi connectivity index (χ0v) is 20.1. The molecule has 29 heavy (non-hydrogen) atoms. The number of halogens is 1. The van der Waals surface area contributed by atoms with E-state index in [1.54, 1.807) is 12.1 Å². The summed E-state index contributed by atoms with van der Waals surface area (Å²) in [6.45, 7) is 8.53. The second-order valence-corrected chi connectivity index (χ2v) is 8.09. The first-order valence-electron chi connectivity index (χ1n) is 10.0. The molecule has 4 N–H and O–H groups in total. The zero-order chi connectivity index (χ0) is 20.6. The number of carbonyl (C=O) groups is 1. The van der Waals surface area contributed by atoms with E-state index >= 15 is 0 Å². The predicted molar refractivity (Wildman–Crippen MR) is 124 cm³/mol. The van der Waals surface area contributed by atoms with Crippen LogP contribution in [0.25, 0.3) is 0 Å². The first kappa shape index (κ1) is 25.5. The third-order valence-electron chi connectivity index (χ3n) is 4.43. The number of aliphatic hydroxyl groups excluding tert-OH is 1. The summed E-state index contributed by atoms with van der Waals surface area (Å²) < 4.78 is 10.5. The standard InChI is InChI=1S/C20H34N4O4.HI/c1-5-21-18(22-13-16(25)17-7-6-12-27-17)23-14-8-10-15(11-9-14)24-19(26)28-20(2,3)4;/h6-7,12,14-16,25H,5,8-11,13H2,1-4H3,(H,24,26)(H2,21,22,23);1H. The van der Waals surface area contributed by atoms with Gasteiger partial charge in [-0.1, -0.05) is 0 Å². The minimum Gasteiger partial charge on any atom is -0.467 e. The molecule has 1 saturated carbocycles. The first-order valence-corrected chi connectivity index (χ1v) is 10.0. The van der Waals surface area contributed by atoms with Crippen molar-refractivity contribution in [2.45, 2.75) is 77.2 Å². The SMILES string of the molecule is CCNC(=NCC(O)c1ccco1)NC1CCC(NC(=O)OC(C)(C)C)CC1.I. The molecule has 0 bridgehead atoms. The smallest absolute Gasteiger partial charge is 0.407 e. The lowest BCUT2D eigenvalue weighted by atomic mass is 9.91. The van der Waals surface area contributed by atoms with E-state index in [0.29, 0.717) is 11.7 Å². The lowest BCUT2D eigenvalue weighted by molar-refractivity contribution is 0.0490. The van der Waals surface area contributed by atoms with Crippen LogP contribution in [0.2, 0.25) is 0 Å². The summed E-state index contributed by atoms with van der Waals surface area (Å²) in [7, 11) is 0. The Morgan fingerprint density at radius 2 is 1.90 bits per heavy atom. The highest BCUT2D eigenvalue weighted by Gasteiger charge is 2.25. The highest BCUT2D eigenvalue weighted by atomic mass is 127. The van der Waals surface area contributed by atoms with Crippen molar-refractivity contribution in [3.05, 3.63) is 24.2 Å². The molecule has 1 fully saturated rings. The lowest BCUT2D eigenvalue weighted by Gasteiger charge is -2.31. The van der Waals surface area contributed by atoms with Crippen LogP contribution in [-0.2, 0) is 4.74 Å². The number of rotatable bonds is 6. The monoisotopic (exact) mass is 522 g/mol. The van der Waals surface area contributed by atoms with Crippen molar-refractivity contribution in [2.75, 3.05) is 13.1 Å². The number of guanidine groups is 1. The average Bonchev–Trinajstić information content (AvgIpc) is 3.14. The fourth-order valence-corrected chi connectivity index (χ4v) is 3.12. The van der Waals surface area contributed by atoms with Crippen LogP contribution in [-0.4, -0.2) is 47.9 Å². The molecule has 9 heteroatoms. The Morgan fingerprint density at radius 3 is 2.41 bits per heavy atom. The highest BCUT2D eigenvalue weighted by Crippen LogP contribution is 2.19. The Balaban J connectivity index is 0.00000420. The van der Waals surface area contributed by atoms with E-state index in [9.17, 15) is 9.90 Å². The molecule has 8 nitrogen and oxygen atoms in total. The quantitative estimate of drug-likeness (QED) is 0.260. The molecule has 0 radical (unpaired) electrons. The van der Waals surface area contributed by atoms with Crippen molar-refractivity contribution in [3.8, 4) is 0 Å². The largest absolute Gasteiger partial charge is 0.467 e. The van der Waals surface area contributed by atoms with Gasteiger partial charge in [-0.25, -0.2) is 4.79 Å².